The van der Waals surface area contributed by atoms with E-state index in [-0.39, 0.29) is 15.2 Å². The summed E-state index contributed by atoms with van der Waals surface area (Å²) >= 11 is 3.82. The Labute approximate surface area is 98.3 Å². The first kappa shape index (κ1) is 14.2. The molecule has 0 amide bonds. The third-order valence-electron chi connectivity index (χ3n) is 3.14. The van der Waals surface area contributed by atoms with Crippen molar-refractivity contribution in [3.05, 3.63) is 11.6 Å². The van der Waals surface area contributed by atoms with Crippen molar-refractivity contribution in [2.45, 2.75) is 59.7 Å². The highest BCUT2D eigenvalue weighted by molar-refractivity contribution is 9.10. The van der Waals surface area contributed by atoms with Crippen LogP contribution in [0.3, 0.4) is 0 Å². The van der Waals surface area contributed by atoms with E-state index in [4.69, 9.17) is 0 Å². The van der Waals surface area contributed by atoms with Crippen molar-refractivity contribution in [2.75, 3.05) is 0 Å². The van der Waals surface area contributed by atoms with Gasteiger partial charge >= 0.3 is 0 Å². The van der Waals surface area contributed by atoms with E-state index in [1.165, 1.54) is 5.57 Å². The molecule has 1 unspecified atom stereocenters. The molecule has 1 heteroatoms. The highest BCUT2D eigenvalue weighted by Crippen LogP contribution is 2.41. The lowest BCUT2D eigenvalue weighted by atomic mass is 9.77. The lowest BCUT2D eigenvalue weighted by Gasteiger charge is -2.36. The van der Waals surface area contributed by atoms with Crippen LogP contribution >= 0.6 is 15.9 Å². The smallest absolute Gasteiger partial charge is 0.0459 e. The maximum absolute atomic E-state index is 3.82. The van der Waals surface area contributed by atoms with Crippen molar-refractivity contribution in [3.8, 4) is 0 Å². The Morgan fingerprint density at radius 2 is 1.29 bits per heavy atom. The summed E-state index contributed by atoms with van der Waals surface area (Å²) in [6.45, 7) is 18.0. The fourth-order valence-corrected chi connectivity index (χ4v) is 1.18. The first-order valence-electron chi connectivity index (χ1n) is 5.27. The van der Waals surface area contributed by atoms with E-state index in [0.29, 0.717) is 0 Å². The number of halogens is 1. The molecule has 0 fully saturated rings. The van der Waals surface area contributed by atoms with Crippen molar-refractivity contribution in [2.24, 2.45) is 10.8 Å². The fourth-order valence-electron chi connectivity index (χ4n) is 0.840. The zero-order valence-electron chi connectivity index (χ0n) is 11.0. The Balaban J connectivity index is 5.00. The summed E-state index contributed by atoms with van der Waals surface area (Å²) in [6, 6.07) is 0. The molecule has 0 heterocycles. The van der Waals surface area contributed by atoms with Crippen LogP contribution in [0.1, 0.15) is 55.4 Å². The SMILES string of the molecule is C/C(=C\C(C)(Br)C(C)(C)C)C(C)(C)C. The Kier molecular flexibility index (Phi) is 4.06. The lowest BCUT2D eigenvalue weighted by molar-refractivity contribution is 0.349. The van der Waals surface area contributed by atoms with Gasteiger partial charge in [-0.05, 0) is 24.7 Å². The number of alkyl halides is 1. The predicted octanol–water partition coefficient (Wildman–Crippen LogP) is 5.18. The summed E-state index contributed by atoms with van der Waals surface area (Å²) in [6.07, 6.45) is 2.35. The van der Waals surface area contributed by atoms with Gasteiger partial charge in [0, 0.05) is 4.32 Å². The van der Waals surface area contributed by atoms with Crippen molar-refractivity contribution in [1.29, 1.82) is 0 Å². The second-order valence-electron chi connectivity index (χ2n) is 6.40. The van der Waals surface area contributed by atoms with Crippen LogP contribution in [-0.4, -0.2) is 4.32 Å². The zero-order valence-corrected chi connectivity index (χ0v) is 12.5. The summed E-state index contributed by atoms with van der Waals surface area (Å²) in [5, 5.41) is 0. The van der Waals surface area contributed by atoms with E-state index >= 15 is 0 Å². The minimum absolute atomic E-state index is 0.0668. The van der Waals surface area contributed by atoms with E-state index in [1.807, 2.05) is 0 Å². The molecule has 0 saturated carbocycles. The van der Waals surface area contributed by atoms with Gasteiger partial charge in [0.15, 0.2) is 0 Å². The van der Waals surface area contributed by atoms with Crippen molar-refractivity contribution < 1.29 is 0 Å². The Morgan fingerprint density at radius 3 is 1.50 bits per heavy atom. The average molecular weight is 261 g/mol. The molecule has 0 aliphatic carbocycles. The van der Waals surface area contributed by atoms with Crippen LogP contribution in [0.5, 0.6) is 0 Å². The molecular formula is C13H25Br. The number of rotatable bonds is 1. The Hall–Kier alpha value is 0.220. The number of hydrogen-bond acceptors (Lipinski definition) is 0. The average Bonchev–Trinajstić information content (AvgIpc) is 1.80. The molecule has 0 aromatic heterocycles. The Morgan fingerprint density at radius 1 is 0.929 bits per heavy atom. The fraction of sp³-hybridized carbons (Fsp3) is 0.846. The molecule has 84 valence electrons. The summed E-state index contributed by atoms with van der Waals surface area (Å²) < 4.78 is 0.0668. The van der Waals surface area contributed by atoms with Gasteiger partial charge in [-0.2, -0.15) is 0 Å². The van der Waals surface area contributed by atoms with Crippen LogP contribution in [0.15, 0.2) is 11.6 Å². The van der Waals surface area contributed by atoms with E-state index in [9.17, 15) is 0 Å². The van der Waals surface area contributed by atoms with Gasteiger partial charge in [-0.3, -0.25) is 0 Å². The van der Waals surface area contributed by atoms with Gasteiger partial charge in [0.05, 0.1) is 0 Å². The monoisotopic (exact) mass is 260 g/mol. The molecular weight excluding hydrogens is 236 g/mol. The summed E-state index contributed by atoms with van der Waals surface area (Å²) in [7, 11) is 0. The molecule has 0 bridgehead atoms. The van der Waals surface area contributed by atoms with E-state index in [2.05, 4.69) is 77.4 Å². The van der Waals surface area contributed by atoms with Crippen LogP contribution in [0, 0.1) is 10.8 Å². The molecule has 0 spiro atoms. The largest absolute Gasteiger partial charge is 0.0805 e. The molecule has 0 rings (SSSR count). The van der Waals surface area contributed by atoms with Gasteiger partial charge in [0.25, 0.3) is 0 Å². The molecule has 0 aliphatic rings. The van der Waals surface area contributed by atoms with Gasteiger partial charge in [-0.15, -0.1) is 0 Å². The van der Waals surface area contributed by atoms with Crippen molar-refractivity contribution in [1.82, 2.24) is 0 Å². The quantitative estimate of drug-likeness (QED) is 0.450. The maximum atomic E-state index is 3.82. The van der Waals surface area contributed by atoms with Crippen molar-refractivity contribution in [3.63, 3.8) is 0 Å². The summed E-state index contributed by atoms with van der Waals surface area (Å²) in [5.74, 6) is 0. The van der Waals surface area contributed by atoms with E-state index in [1.54, 1.807) is 0 Å². The third-order valence-corrected chi connectivity index (χ3v) is 4.56. The van der Waals surface area contributed by atoms with Gasteiger partial charge in [0.2, 0.25) is 0 Å². The maximum Gasteiger partial charge on any atom is 0.0459 e. The van der Waals surface area contributed by atoms with Gasteiger partial charge in [-0.1, -0.05) is 69.1 Å². The van der Waals surface area contributed by atoms with E-state index in [0.717, 1.165) is 0 Å². The van der Waals surface area contributed by atoms with E-state index < -0.39 is 0 Å². The Bertz CT molecular complexity index is 221. The molecule has 0 N–H and O–H groups in total. The first-order valence-corrected chi connectivity index (χ1v) is 6.06. The second kappa shape index (κ2) is 4.00. The highest BCUT2D eigenvalue weighted by atomic mass is 79.9. The zero-order chi connectivity index (χ0) is 11.8. The molecule has 0 saturated heterocycles. The molecule has 0 aromatic rings. The topological polar surface area (TPSA) is 0 Å². The predicted molar refractivity (Wildman–Crippen MR) is 70.0 cm³/mol. The van der Waals surface area contributed by atoms with Crippen LogP contribution in [-0.2, 0) is 0 Å². The molecule has 0 radical (unpaired) electrons. The number of allylic oxidation sites excluding steroid dienone is 2. The van der Waals surface area contributed by atoms with Gasteiger partial charge in [0.1, 0.15) is 0 Å². The standard InChI is InChI=1S/C13H25Br/c1-10(11(2,3)4)9-13(8,14)12(5,6)7/h9H,1-8H3/b10-9+. The molecule has 0 aliphatic heterocycles. The van der Waals surface area contributed by atoms with Crippen molar-refractivity contribution >= 4 is 15.9 Å². The van der Waals surface area contributed by atoms with Crippen LogP contribution in [0.2, 0.25) is 0 Å². The summed E-state index contributed by atoms with van der Waals surface area (Å²) in [5.41, 5.74) is 1.94. The minimum atomic E-state index is 0.0668. The highest BCUT2D eigenvalue weighted by Gasteiger charge is 2.33. The first-order chi connectivity index (χ1) is 5.88. The number of hydrogen-bond donors (Lipinski definition) is 0. The molecule has 1 atom stereocenters. The second-order valence-corrected chi connectivity index (χ2v) is 8.05. The minimum Gasteiger partial charge on any atom is -0.0805 e. The molecule has 0 aromatic carbocycles. The molecule has 14 heavy (non-hydrogen) atoms. The third kappa shape index (κ3) is 3.76. The molecule has 0 nitrogen and oxygen atoms in total. The van der Waals surface area contributed by atoms with Crippen LogP contribution in [0.25, 0.3) is 0 Å². The van der Waals surface area contributed by atoms with Gasteiger partial charge < -0.3 is 0 Å². The van der Waals surface area contributed by atoms with Crippen LogP contribution < -0.4 is 0 Å². The lowest BCUT2D eigenvalue weighted by Crippen LogP contribution is -2.32. The summed E-state index contributed by atoms with van der Waals surface area (Å²) in [4.78, 5) is 0. The van der Waals surface area contributed by atoms with Crippen LogP contribution in [0.4, 0.5) is 0 Å². The van der Waals surface area contributed by atoms with Gasteiger partial charge in [-0.25, -0.2) is 0 Å². The normalized spacial score (nSPS) is 19.4.